The van der Waals surface area contributed by atoms with E-state index in [1.54, 1.807) is 0 Å². The Kier molecular flexibility index (Phi) is 12.2. The SMILES string of the molecule is CCCCCCCC=C[C@@H]1OC[C@H](C)C2(OCCO2)[C@H]1OC(=O)CN.O=C(O)C(F)(F)F. The molecule has 1 spiro atoms. The highest BCUT2D eigenvalue weighted by Gasteiger charge is 2.57. The van der Waals surface area contributed by atoms with E-state index in [0.29, 0.717) is 19.8 Å². The third kappa shape index (κ3) is 8.68. The van der Waals surface area contributed by atoms with Gasteiger partial charge in [0.05, 0.1) is 26.4 Å². The lowest BCUT2D eigenvalue weighted by atomic mass is 9.88. The molecule has 0 amide bonds. The summed E-state index contributed by atoms with van der Waals surface area (Å²) >= 11 is 0. The van der Waals surface area contributed by atoms with E-state index < -0.39 is 30.0 Å². The Morgan fingerprint density at radius 3 is 2.31 bits per heavy atom. The van der Waals surface area contributed by atoms with Crippen LogP contribution in [-0.2, 0) is 28.5 Å². The Balaban J connectivity index is 0.000000633. The molecule has 3 N–H and O–H groups in total. The number of halogens is 3. The lowest BCUT2D eigenvalue weighted by molar-refractivity contribution is -0.304. The normalized spacial score (nSPS) is 24.9. The number of alkyl halides is 3. The molecular weight excluding hydrogens is 435 g/mol. The van der Waals surface area contributed by atoms with Crippen LogP contribution in [0, 0.1) is 5.92 Å². The highest BCUT2D eigenvalue weighted by Crippen LogP contribution is 2.40. The third-order valence-corrected chi connectivity index (χ3v) is 5.13. The van der Waals surface area contributed by atoms with E-state index in [0.717, 1.165) is 12.8 Å². The van der Waals surface area contributed by atoms with Gasteiger partial charge in [-0.05, 0) is 12.8 Å². The van der Waals surface area contributed by atoms with Crippen molar-refractivity contribution in [1.29, 1.82) is 0 Å². The van der Waals surface area contributed by atoms with Gasteiger partial charge in [0.25, 0.3) is 0 Å². The summed E-state index contributed by atoms with van der Waals surface area (Å²) < 4.78 is 55.0. The van der Waals surface area contributed by atoms with Crippen LogP contribution >= 0.6 is 0 Å². The van der Waals surface area contributed by atoms with Gasteiger partial charge in [-0.25, -0.2) is 4.79 Å². The van der Waals surface area contributed by atoms with Gasteiger partial charge in [-0.15, -0.1) is 0 Å². The number of carbonyl (C=O) groups excluding carboxylic acids is 1. The molecule has 0 bridgehead atoms. The predicted octanol–water partition coefficient (Wildman–Crippen LogP) is 3.18. The molecule has 0 unspecified atom stereocenters. The van der Waals surface area contributed by atoms with Crippen molar-refractivity contribution in [3.63, 3.8) is 0 Å². The van der Waals surface area contributed by atoms with Crippen LogP contribution in [0.5, 0.6) is 0 Å². The molecule has 11 heteroatoms. The molecule has 2 saturated heterocycles. The largest absolute Gasteiger partial charge is 0.490 e. The first-order valence-electron chi connectivity index (χ1n) is 10.8. The van der Waals surface area contributed by atoms with E-state index in [1.807, 2.05) is 13.0 Å². The number of hydrogen-bond acceptors (Lipinski definition) is 7. The van der Waals surface area contributed by atoms with Crippen LogP contribution in [0.15, 0.2) is 12.2 Å². The highest BCUT2D eigenvalue weighted by molar-refractivity contribution is 5.73. The second-order valence-electron chi connectivity index (χ2n) is 7.67. The number of allylic oxidation sites excluding steroid dienone is 1. The maximum atomic E-state index is 11.8. The maximum Gasteiger partial charge on any atom is 0.490 e. The lowest BCUT2D eigenvalue weighted by Crippen LogP contribution is -2.61. The van der Waals surface area contributed by atoms with Gasteiger partial charge in [-0.3, -0.25) is 4.79 Å². The Hall–Kier alpha value is -1.69. The zero-order valence-electron chi connectivity index (χ0n) is 18.6. The van der Waals surface area contributed by atoms with Gasteiger partial charge >= 0.3 is 18.1 Å². The van der Waals surface area contributed by atoms with E-state index in [9.17, 15) is 18.0 Å². The van der Waals surface area contributed by atoms with E-state index in [4.69, 9.17) is 34.6 Å². The summed E-state index contributed by atoms with van der Waals surface area (Å²) in [5, 5.41) is 7.12. The Morgan fingerprint density at radius 1 is 1.19 bits per heavy atom. The Bertz CT molecular complexity index is 607. The number of hydrogen-bond donors (Lipinski definition) is 2. The van der Waals surface area contributed by atoms with Crippen molar-refractivity contribution in [2.24, 2.45) is 11.7 Å². The number of carboxylic acid groups (broad SMARTS) is 1. The zero-order valence-corrected chi connectivity index (χ0v) is 18.6. The number of unbranched alkanes of at least 4 members (excludes halogenated alkanes) is 5. The molecule has 0 aromatic carbocycles. The van der Waals surface area contributed by atoms with Gasteiger partial charge in [-0.2, -0.15) is 13.2 Å². The van der Waals surface area contributed by atoms with Crippen molar-refractivity contribution in [2.75, 3.05) is 26.4 Å². The highest BCUT2D eigenvalue weighted by atomic mass is 19.4. The average Bonchev–Trinajstić information content (AvgIpc) is 3.22. The molecule has 3 atom stereocenters. The van der Waals surface area contributed by atoms with Crippen molar-refractivity contribution < 1.29 is 46.8 Å². The van der Waals surface area contributed by atoms with E-state index in [-0.39, 0.29) is 18.6 Å². The van der Waals surface area contributed by atoms with Crippen molar-refractivity contribution in [1.82, 2.24) is 0 Å². The molecule has 0 radical (unpaired) electrons. The first kappa shape index (κ1) is 28.3. The summed E-state index contributed by atoms with van der Waals surface area (Å²) in [7, 11) is 0. The number of rotatable bonds is 9. The topological polar surface area (TPSA) is 117 Å². The molecule has 0 saturated carbocycles. The fourth-order valence-electron chi connectivity index (χ4n) is 3.45. The summed E-state index contributed by atoms with van der Waals surface area (Å²) in [5.41, 5.74) is 5.42. The molecule has 0 aromatic rings. The van der Waals surface area contributed by atoms with E-state index in [1.165, 1.54) is 25.7 Å². The number of aliphatic carboxylic acids is 1. The Labute approximate surface area is 186 Å². The monoisotopic (exact) mass is 469 g/mol. The number of nitrogens with two attached hydrogens (primary N) is 1. The molecule has 8 nitrogen and oxygen atoms in total. The van der Waals surface area contributed by atoms with Crippen molar-refractivity contribution in [3.8, 4) is 0 Å². The van der Waals surface area contributed by atoms with E-state index >= 15 is 0 Å². The van der Waals surface area contributed by atoms with Gasteiger partial charge in [0.1, 0.15) is 6.10 Å². The second kappa shape index (κ2) is 13.8. The third-order valence-electron chi connectivity index (χ3n) is 5.13. The van der Waals surface area contributed by atoms with Crippen molar-refractivity contribution in [3.05, 3.63) is 12.2 Å². The average molecular weight is 469 g/mol. The van der Waals surface area contributed by atoms with Gasteiger partial charge in [0.15, 0.2) is 6.10 Å². The van der Waals surface area contributed by atoms with Crippen LogP contribution in [0.3, 0.4) is 0 Å². The minimum atomic E-state index is -5.08. The summed E-state index contributed by atoms with van der Waals surface area (Å²) in [5.74, 6) is -4.19. The molecule has 2 heterocycles. The van der Waals surface area contributed by atoms with Gasteiger partial charge in [0.2, 0.25) is 5.79 Å². The van der Waals surface area contributed by atoms with Gasteiger partial charge in [0, 0.05) is 5.92 Å². The fraction of sp³-hybridized carbons (Fsp3) is 0.810. The standard InChI is InChI=1S/C19H33NO5.C2HF3O2/c1-3-4-5-6-7-8-9-10-16-18(25-17(21)13-20)19(15(2)14-22-16)23-11-12-24-19;3-2(4,5)1(6)7/h9-10,15-16,18H,3-8,11-14,20H2,1-2H3;(H,6,7)/t15-,16-,18-;/m0./s1. The van der Waals surface area contributed by atoms with Gasteiger partial charge < -0.3 is 29.8 Å². The summed E-state index contributed by atoms with van der Waals surface area (Å²) in [6.07, 6.45) is 5.21. The minimum Gasteiger partial charge on any atom is -0.475 e. The molecule has 2 fully saturated rings. The molecule has 0 aromatic heterocycles. The van der Waals surface area contributed by atoms with E-state index in [2.05, 4.69) is 13.0 Å². The summed E-state index contributed by atoms with van der Waals surface area (Å²) in [6.45, 7) is 5.52. The van der Waals surface area contributed by atoms with Crippen LogP contribution in [0.25, 0.3) is 0 Å². The summed E-state index contributed by atoms with van der Waals surface area (Å²) in [4.78, 5) is 20.7. The van der Waals surface area contributed by atoms with Crippen molar-refractivity contribution in [2.45, 2.75) is 76.5 Å². The molecular formula is C21H34F3NO7. The maximum absolute atomic E-state index is 11.8. The smallest absolute Gasteiger partial charge is 0.475 e. The number of carboxylic acids is 1. The molecule has 0 aliphatic carbocycles. The van der Waals surface area contributed by atoms with Gasteiger partial charge in [-0.1, -0.05) is 51.7 Å². The fourth-order valence-corrected chi connectivity index (χ4v) is 3.45. The number of esters is 1. The van der Waals surface area contributed by atoms with Crippen LogP contribution in [-0.4, -0.2) is 67.6 Å². The molecule has 32 heavy (non-hydrogen) atoms. The van der Waals surface area contributed by atoms with Crippen LogP contribution < -0.4 is 5.73 Å². The van der Waals surface area contributed by atoms with Crippen LogP contribution in [0.4, 0.5) is 13.2 Å². The molecule has 2 aliphatic rings. The van der Waals surface area contributed by atoms with Crippen LogP contribution in [0.1, 0.15) is 52.4 Å². The lowest BCUT2D eigenvalue weighted by Gasteiger charge is -2.45. The molecule has 2 aliphatic heterocycles. The zero-order chi connectivity index (χ0) is 24.2. The van der Waals surface area contributed by atoms with Crippen LogP contribution in [0.2, 0.25) is 0 Å². The number of carbonyl (C=O) groups is 2. The summed E-state index contributed by atoms with van der Waals surface area (Å²) in [6, 6.07) is 0. The first-order chi connectivity index (χ1) is 15.1. The number of ether oxygens (including phenoxy) is 4. The van der Waals surface area contributed by atoms with Crippen molar-refractivity contribution >= 4 is 11.9 Å². The molecule has 2 rings (SSSR count). The first-order valence-corrected chi connectivity index (χ1v) is 10.8. The Morgan fingerprint density at radius 2 is 1.78 bits per heavy atom. The second-order valence-corrected chi connectivity index (χ2v) is 7.67. The minimum absolute atomic E-state index is 0.0238. The quantitative estimate of drug-likeness (QED) is 0.300. The predicted molar refractivity (Wildman–Crippen MR) is 109 cm³/mol. The molecule has 186 valence electrons.